The predicted molar refractivity (Wildman–Crippen MR) is 83.8 cm³/mol. The van der Waals surface area contributed by atoms with E-state index in [-0.39, 0.29) is 23.9 Å². The van der Waals surface area contributed by atoms with Crippen molar-refractivity contribution >= 4 is 31.9 Å². The largest absolute Gasteiger partial charge is 0.496 e. The van der Waals surface area contributed by atoms with Crippen molar-refractivity contribution < 1.29 is 17.9 Å². The summed E-state index contributed by atoms with van der Waals surface area (Å²) in [6.07, 6.45) is 0.619. The number of carbonyl (C=O) groups is 1. The van der Waals surface area contributed by atoms with Crippen LogP contribution in [-0.2, 0) is 14.8 Å². The van der Waals surface area contributed by atoms with Crippen LogP contribution in [0, 0.1) is 0 Å². The number of amides is 1. The average molecular weight is 379 g/mol. The van der Waals surface area contributed by atoms with Crippen molar-refractivity contribution in [3.63, 3.8) is 0 Å². The third kappa shape index (κ3) is 4.42. The fourth-order valence-electron chi connectivity index (χ4n) is 1.73. The van der Waals surface area contributed by atoms with Crippen molar-refractivity contribution in [2.45, 2.75) is 18.2 Å². The summed E-state index contributed by atoms with van der Waals surface area (Å²) >= 11 is 3.27. The van der Waals surface area contributed by atoms with Crippen LogP contribution >= 0.6 is 15.9 Å². The molecule has 8 heteroatoms. The summed E-state index contributed by atoms with van der Waals surface area (Å²) in [5, 5.41) is 2.43. The fraction of sp³-hybridized carbons (Fsp3) is 0.462. The molecule has 0 atom stereocenters. The monoisotopic (exact) mass is 378 g/mol. The van der Waals surface area contributed by atoms with Crippen molar-refractivity contribution in [2.24, 2.45) is 0 Å². The van der Waals surface area contributed by atoms with Crippen molar-refractivity contribution in [3.8, 4) is 5.75 Å². The molecule has 0 saturated carbocycles. The SMILES string of the molecule is CCCN(CC(=O)NC)S(=O)(=O)c1ccc(OC)c(Br)c1. The van der Waals surface area contributed by atoms with Gasteiger partial charge in [-0.05, 0) is 40.5 Å². The van der Waals surface area contributed by atoms with Gasteiger partial charge in [0.25, 0.3) is 0 Å². The number of hydrogen-bond donors (Lipinski definition) is 1. The normalized spacial score (nSPS) is 11.5. The first-order chi connectivity index (χ1) is 9.86. The maximum absolute atomic E-state index is 12.6. The van der Waals surface area contributed by atoms with Crippen LogP contribution in [0.25, 0.3) is 0 Å². The highest BCUT2D eigenvalue weighted by Gasteiger charge is 2.26. The highest BCUT2D eigenvalue weighted by atomic mass is 79.9. The number of sulfonamides is 1. The minimum atomic E-state index is -3.73. The van der Waals surface area contributed by atoms with E-state index in [1.165, 1.54) is 30.6 Å². The topological polar surface area (TPSA) is 75.7 Å². The number of hydrogen-bond acceptors (Lipinski definition) is 4. The highest BCUT2D eigenvalue weighted by molar-refractivity contribution is 9.10. The van der Waals surface area contributed by atoms with Gasteiger partial charge in [0.15, 0.2) is 0 Å². The molecule has 0 spiro atoms. The lowest BCUT2D eigenvalue weighted by Gasteiger charge is -2.21. The number of methoxy groups -OCH3 is 1. The molecule has 0 aliphatic carbocycles. The Hall–Kier alpha value is -1.12. The van der Waals surface area contributed by atoms with Gasteiger partial charge in [0.2, 0.25) is 15.9 Å². The second kappa shape index (κ2) is 7.77. The number of halogens is 1. The molecule has 1 rings (SSSR count). The van der Waals surface area contributed by atoms with Crippen molar-refractivity contribution in [3.05, 3.63) is 22.7 Å². The third-order valence-corrected chi connectivity index (χ3v) is 5.29. The number of ether oxygens (including phenoxy) is 1. The molecule has 1 aromatic rings. The van der Waals surface area contributed by atoms with Crippen LogP contribution in [0.2, 0.25) is 0 Å². The summed E-state index contributed by atoms with van der Waals surface area (Å²) in [5.74, 6) is 0.196. The molecule has 1 amide bonds. The van der Waals surface area contributed by atoms with Gasteiger partial charge >= 0.3 is 0 Å². The Morgan fingerprint density at radius 2 is 2.10 bits per heavy atom. The van der Waals surface area contributed by atoms with Gasteiger partial charge in [-0.2, -0.15) is 4.31 Å². The molecule has 0 aliphatic heterocycles. The minimum absolute atomic E-state index is 0.118. The zero-order valence-electron chi connectivity index (χ0n) is 12.2. The molecule has 0 heterocycles. The number of likely N-dealkylation sites (N-methyl/N-ethyl adjacent to an activating group) is 1. The van der Waals surface area contributed by atoms with Gasteiger partial charge in [0, 0.05) is 13.6 Å². The van der Waals surface area contributed by atoms with E-state index in [1.807, 2.05) is 6.92 Å². The van der Waals surface area contributed by atoms with Gasteiger partial charge in [-0.15, -0.1) is 0 Å². The lowest BCUT2D eigenvalue weighted by atomic mass is 10.3. The van der Waals surface area contributed by atoms with Gasteiger partial charge in [-0.25, -0.2) is 8.42 Å². The molecule has 1 aromatic carbocycles. The molecule has 0 aromatic heterocycles. The first kappa shape index (κ1) is 17.9. The number of nitrogens with one attached hydrogen (secondary N) is 1. The first-order valence-corrected chi connectivity index (χ1v) is 8.64. The summed E-state index contributed by atoms with van der Waals surface area (Å²) < 4.78 is 32.0. The molecule has 0 unspecified atom stereocenters. The molecule has 6 nitrogen and oxygen atoms in total. The maximum Gasteiger partial charge on any atom is 0.243 e. The Balaban J connectivity index is 3.16. The molecule has 0 aliphatic rings. The zero-order chi connectivity index (χ0) is 16.0. The van der Waals surface area contributed by atoms with Gasteiger partial charge in [0.1, 0.15) is 5.75 Å². The van der Waals surface area contributed by atoms with Crippen LogP contribution in [0.1, 0.15) is 13.3 Å². The van der Waals surface area contributed by atoms with Crippen LogP contribution in [0.4, 0.5) is 0 Å². The number of nitrogens with zero attached hydrogens (tertiary/aromatic N) is 1. The van der Waals surface area contributed by atoms with Crippen molar-refractivity contribution in [2.75, 3.05) is 27.2 Å². The van der Waals surface area contributed by atoms with E-state index in [4.69, 9.17) is 4.74 Å². The molecule has 118 valence electrons. The molecular formula is C13H19BrN2O4S. The van der Waals surface area contributed by atoms with Gasteiger partial charge < -0.3 is 10.1 Å². The van der Waals surface area contributed by atoms with Crippen LogP contribution in [0.3, 0.4) is 0 Å². The second-order valence-electron chi connectivity index (χ2n) is 4.31. The third-order valence-electron chi connectivity index (χ3n) is 2.83. The Bertz CT molecular complexity index is 604. The lowest BCUT2D eigenvalue weighted by Crippen LogP contribution is -2.40. The molecule has 1 N–H and O–H groups in total. The van der Waals surface area contributed by atoms with Crippen molar-refractivity contribution in [1.29, 1.82) is 0 Å². The van der Waals surface area contributed by atoms with E-state index < -0.39 is 10.0 Å². The summed E-state index contributed by atoms with van der Waals surface area (Å²) in [7, 11) is -0.750. The minimum Gasteiger partial charge on any atom is -0.496 e. The smallest absolute Gasteiger partial charge is 0.243 e. The van der Waals surface area contributed by atoms with Crippen LogP contribution in [-0.4, -0.2) is 45.9 Å². The Morgan fingerprint density at radius 1 is 1.43 bits per heavy atom. The zero-order valence-corrected chi connectivity index (χ0v) is 14.6. The van der Waals surface area contributed by atoms with E-state index in [0.717, 1.165) is 0 Å². The molecule has 0 saturated heterocycles. The number of carbonyl (C=O) groups excluding carboxylic acids is 1. The Labute approximate surface area is 133 Å². The quantitative estimate of drug-likeness (QED) is 0.781. The van der Waals surface area contributed by atoms with E-state index in [1.54, 1.807) is 6.07 Å². The number of benzene rings is 1. The van der Waals surface area contributed by atoms with Gasteiger partial charge in [-0.1, -0.05) is 6.92 Å². The molecule has 0 bridgehead atoms. The highest BCUT2D eigenvalue weighted by Crippen LogP contribution is 2.28. The van der Waals surface area contributed by atoms with Crippen LogP contribution < -0.4 is 10.1 Å². The van der Waals surface area contributed by atoms with Gasteiger partial charge in [-0.3, -0.25) is 4.79 Å². The van der Waals surface area contributed by atoms with E-state index in [0.29, 0.717) is 16.6 Å². The van der Waals surface area contributed by atoms with Crippen LogP contribution in [0.5, 0.6) is 5.75 Å². The first-order valence-electron chi connectivity index (χ1n) is 6.41. The van der Waals surface area contributed by atoms with Gasteiger partial charge in [0.05, 0.1) is 23.0 Å². The Morgan fingerprint density at radius 3 is 2.57 bits per heavy atom. The number of rotatable bonds is 7. The fourth-order valence-corrected chi connectivity index (χ4v) is 3.94. The summed E-state index contributed by atoms with van der Waals surface area (Å²) in [5.41, 5.74) is 0. The second-order valence-corrected chi connectivity index (χ2v) is 7.10. The summed E-state index contributed by atoms with van der Waals surface area (Å²) in [4.78, 5) is 11.6. The average Bonchev–Trinajstić information content (AvgIpc) is 2.46. The summed E-state index contributed by atoms with van der Waals surface area (Å²) in [6, 6.07) is 4.51. The van der Waals surface area contributed by atoms with Crippen molar-refractivity contribution in [1.82, 2.24) is 9.62 Å². The molecule has 0 fully saturated rings. The predicted octanol–water partition coefficient (Wildman–Crippen LogP) is 1.60. The van der Waals surface area contributed by atoms with E-state index >= 15 is 0 Å². The molecule has 21 heavy (non-hydrogen) atoms. The molecular weight excluding hydrogens is 360 g/mol. The lowest BCUT2D eigenvalue weighted by molar-refractivity contribution is -0.120. The van der Waals surface area contributed by atoms with E-state index in [9.17, 15) is 13.2 Å². The van der Waals surface area contributed by atoms with Crippen LogP contribution in [0.15, 0.2) is 27.6 Å². The Kier molecular flexibility index (Phi) is 6.63. The summed E-state index contributed by atoms with van der Waals surface area (Å²) in [6.45, 7) is 1.94. The maximum atomic E-state index is 12.6. The molecule has 0 radical (unpaired) electrons. The van der Waals surface area contributed by atoms with E-state index in [2.05, 4.69) is 21.2 Å². The standard InChI is InChI=1S/C13H19BrN2O4S/c1-4-7-16(9-13(17)15-2)21(18,19)10-5-6-12(20-3)11(14)8-10/h5-6,8H,4,7,9H2,1-3H3,(H,15,17).